The zero-order valence-electron chi connectivity index (χ0n) is 7.73. The molecular formula is C9H14O4. The van der Waals surface area contributed by atoms with Gasteiger partial charge in [0, 0.05) is 14.2 Å². The second-order valence-electron chi connectivity index (χ2n) is 2.85. The fraction of sp³-hybridized carbons (Fsp3) is 0.556. The van der Waals surface area contributed by atoms with E-state index >= 15 is 0 Å². The second-order valence-corrected chi connectivity index (χ2v) is 2.85. The maximum Gasteiger partial charge on any atom is 0.216 e. The molecule has 2 unspecified atom stereocenters. The Labute approximate surface area is 77.1 Å². The third kappa shape index (κ3) is 1.97. The van der Waals surface area contributed by atoms with E-state index in [1.54, 1.807) is 12.2 Å². The molecular weight excluding hydrogens is 172 g/mol. The lowest BCUT2D eigenvalue weighted by Crippen LogP contribution is -2.44. The molecule has 1 rings (SSSR count). The quantitative estimate of drug-likeness (QED) is 0.600. The molecule has 1 aliphatic rings. The van der Waals surface area contributed by atoms with Gasteiger partial charge in [-0.3, -0.25) is 0 Å². The zero-order valence-corrected chi connectivity index (χ0v) is 7.73. The summed E-state index contributed by atoms with van der Waals surface area (Å²) >= 11 is 0. The molecule has 4 nitrogen and oxygen atoms in total. The summed E-state index contributed by atoms with van der Waals surface area (Å²) in [6.07, 6.45) is 4.12. The number of aliphatic hydroxyl groups excluding tert-OH is 1. The van der Waals surface area contributed by atoms with Crippen LogP contribution >= 0.6 is 0 Å². The van der Waals surface area contributed by atoms with E-state index in [1.165, 1.54) is 20.3 Å². The fourth-order valence-corrected chi connectivity index (χ4v) is 1.22. The Kier molecular flexibility index (Phi) is 3.22. The predicted molar refractivity (Wildman–Crippen MR) is 47.1 cm³/mol. The van der Waals surface area contributed by atoms with E-state index in [-0.39, 0.29) is 6.61 Å². The van der Waals surface area contributed by atoms with Crippen molar-refractivity contribution >= 4 is 0 Å². The zero-order chi connectivity index (χ0) is 9.90. The van der Waals surface area contributed by atoms with E-state index in [0.717, 1.165) is 0 Å². The Morgan fingerprint density at radius 3 is 2.69 bits per heavy atom. The van der Waals surface area contributed by atoms with E-state index in [0.29, 0.717) is 5.57 Å². The summed E-state index contributed by atoms with van der Waals surface area (Å²) in [6.45, 7) is -0.0733. The highest BCUT2D eigenvalue weighted by Gasteiger charge is 2.35. The summed E-state index contributed by atoms with van der Waals surface area (Å²) in [5.41, 5.74) is 0.702. The molecule has 4 heteroatoms. The Morgan fingerprint density at radius 2 is 2.23 bits per heavy atom. The molecule has 2 N–H and O–H groups in total. The van der Waals surface area contributed by atoms with Crippen molar-refractivity contribution in [3.8, 4) is 0 Å². The lowest BCUT2D eigenvalue weighted by atomic mass is 9.99. The van der Waals surface area contributed by atoms with Crippen LogP contribution in [0.5, 0.6) is 0 Å². The van der Waals surface area contributed by atoms with Crippen molar-refractivity contribution in [2.45, 2.75) is 11.9 Å². The van der Waals surface area contributed by atoms with Crippen LogP contribution in [-0.4, -0.2) is 42.9 Å². The van der Waals surface area contributed by atoms with Crippen molar-refractivity contribution in [3.05, 3.63) is 23.8 Å². The molecule has 0 aromatic heterocycles. The molecule has 0 heterocycles. The van der Waals surface area contributed by atoms with Crippen molar-refractivity contribution in [3.63, 3.8) is 0 Å². The first-order valence-electron chi connectivity index (χ1n) is 3.97. The molecule has 0 saturated carbocycles. The lowest BCUT2D eigenvalue weighted by molar-refractivity contribution is -0.203. The van der Waals surface area contributed by atoms with Gasteiger partial charge in [-0.25, -0.2) is 0 Å². The largest absolute Gasteiger partial charge is 0.392 e. The van der Waals surface area contributed by atoms with Gasteiger partial charge in [0.1, 0.15) is 6.10 Å². The van der Waals surface area contributed by atoms with Gasteiger partial charge in [-0.05, 0) is 17.7 Å². The minimum Gasteiger partial charge on any atom is -0.392 e. The molecule has 2 atom stereocenters. The molecule has 13 heavy (non-hydrogen) atoms. The van der Waals surface area contributed by atoms with Crippen LogP contribution in [0.2, 0.25) is 0 Å². The molecule has 74 valence electrons. The molecule has 0 spiro atoms. The summed E-state index contributed by atoms with van der Waals surface area (Å²) in [6, 6.07) is 0. The van der Waals surface area contributed by atoms with Crippen molar-refractivity contribution in [1.29, 1.82) is 0 Å². The van der Waals surface area contributed by atoms with E-state index < -0.39 is 11.9 Å². The summed E-state index contributed by atoms with van der Waals surface area (Å²) in [7, 11) is 2.87. The lowest BCUT2D eigenvalue weighted by Gasteiger charge is -2.31. The Hall–Kier alpha value is -0.680. The smallest absolute Gasteiger partial charge is 0.216 e. The number of methoxy groups -OCH3 is 2. The van der Waals surface area contributed by atoms with E-state index in [2.05, 4.69) is 0 Å². The first kappa shape index (κ1) is 10.4. The van der Waals surface area contributed by atoms with Gasteiger partial charge >= 0.3 is 0 Å². The van der Waals surface area contributed by atoms with Gasteiger partial charge in [0.15, 0.2) is 0 Å². The normalized spacial score (nSPS) is 33.2. The van der Waals surface area contributed by atoms with Crippen molar-refractivity contribution in [1.82, 2.24) is 0 Å². The Morgan fingerprint density at radius 1 is 1.54 bits per heavy atom. The van der Waals surface area contributed by atoms with Crippen molar-refractivity contribution < 1.29 is 19.7 Å². The number of ether oxygens (including phenoxy) is 2. The van der Waals surface area contributed by atoms with Crippen molar-refractivity contribution in [2.24, 2.45) is 0 Å². The highest BCUT2D eigenvalue weighted by Crippen LogP contribution is 2.24. The first-order chi connectivity index (χ1) is 6.16. The van der Waals surface area contributed by atoms with Gasteiger partial charge in [-0.2, -0.15) is 0 Å². The summed E-state index contributed by atoms with van der Waals surface area (Å²) in [4.78, 5) is 0. The third-order valence-corrected chi connectivity index (χ3v) is 2.07. The SMILES string of the molecule is COC1C=C(CO)C=CC1(O)OC. The summed E-state index contributed by atoms with van der Waals surface area (Å²) < 4.78 is 9.91. The average Bonchev–Trinajstić information content (AvgIpc) is 2.18. The van der Waals surface area contributed by atoms with Gasteiger partial charge < -0.3 is 19.7 Å². The summed E-state index contributed by atoms with van der Waals surface area (Å²) in [5, 5.41) is 18.6. The molecule has 0 bridgehead atoms. The third-order valence-electron chi connectivity index (χ3n) is 2.07. The highest BCUT2D eigenvalue weighted by molar-refractivity contribution is 5.29. The molecule has 1 aliphatic carbocycles. The molecule has 0 fully saturated rings. The van der Waals surface area contributed by atoms with Crippen LogP contribution in [0.1, 0.15) is 0 Å². The van der Waals surface area contributed by atoms with E-state index in [9.17, 15) is 5.11 Å². The van der Waals surface area contributed by atoms with Gasteiger partial charge in [0.05, 0.1) is 6.61 Å². The number of hydrogen-bond acceptors (Lipinski definition) is 4. The average molecular weight is 186 g/mol. The minimum atomic E-state index is -1.42. The van der Waals surface area contributed by atoms with Crippen LogP contribution in [0.3, 0.4) is 0 Å². The summed E-state index contributed by atoms with van der Waals surface area (Å²) in [5.74, 6) is -1.42. The second kappa shape index (κ2) is 4.02. The number of hydrogen-bond donors (Lipinski definition) is 2. The highest BCUT2D eigenvalue weighted by atomic mass is 16.6. The maximum absolute atomic E-state index is 9.79. The van der Waals surface area contributed by atoms with Crippen LogP contribution in [0.15, 0.2) is 23.8 Å². The number of aliphatic hydroxyl groups is 2. The number of rotatable bonds is 3. The van der Waals surface area contributed by atoms with Crippen LogP contribution in [-0.2, 0) is 9.47 Å². The molecule has 0 aromatic rings. The fourth-order valence-electron chi connectivity index (χ4n) is 1.22. The van der Waals surface area contributed by atoms with Gasteiger partial charge in [-0.1, -0.05) is 6.08 Å². The standard InChI is InChI=1S/C9H14O4/c1-12-8-5-7(6-10)3-4-9(8,11)13-2/h3-5,8,10-11H,6H2,1-2H3. The maximum atomic E-state index is 9.79. The molecule has 0 aliphatic heterocycles. The van der Waals surface area contributed by atoms with Crippen LogP contribution in [0.25, 0.3) is 0 Å². The van der Waals surface area contributed by atoms with E-state index in [1.807, 2.05) is 0 Å². The van der Waals surface area contributed by atoms with Gasteiger partial charge in [0.2, 0.25) is 5.79 Å². The molecule has 0 saturated heterocycles. The Balaban J connectivity index is 2.85. The minimum absolute atomic E-state index is 0.0733. The van der Waals surface area contributed by atoms with Crippen molar-refractivity contribution in [2.75, 3.05) is 20.8 Å². The van der Waals surface area contributed by atoms with Crippen LogP contribution in [0, 0.1) is 0 Å². The molecule has 0 radical (unpaired) electrons. The molecule has 0 aromatic carbocycles. The first-order valence-corrected chi connectivity index (χ1v) is 3.97. The topological polar surface area (TPSA) is 58.9 Å². The monoisotopic (exact) mass is 186 g/mol. The van der Waals surface area contributed by atoms with Gasteiger partial charge in [-0.15, -0.1) is 0 Å². The van der Waals surface area contributed by atoms with E-state index in [4.69, 9.17) is 14.6 Å². The van der Waals surface area contributed by atoms with Crippen LogP contribution in [0.4, 0.5) is 0 Å². The van der Waals surface area contributed by atoms with Gasteiger partial charge in [0.25, 0.3) is 0 Å². The molecule has 0 amide bonds. The predicted octanol–water partition coefficient (Wildman–Crippen LogP) is -0.175. The Bertz CT molecular complexity index is 234. The van der Waals surface area contributed by atoms with Crippen LogP contribution < -0.4 is 0 Å².